The van der Waals surface area contributed by atoms with E-state index in [9.17, 15) is 4.79 Å². The number of methoxy groups -OCH3 is 1. The van der Waals surface area contributed by atoms with Crippen LogP contribution in [0, 0.1) is 0 Å². The van der Waals surface area contributed by atoms with Crippen molar-refractivity contribution < 1.29 is 9.47 Å². The third-order valence-corrected chi connectivity index (χ3v) is 5.13. The Hall–Kier alpha value is -3.54. The number of nitrogen functional groups attached to an aromatic ring is 1. The number of hydrogen-bond acceptors (Lipinski definition) is 5. The highest BCUT2D eigenvalue weighted by Crippen LogP contribution is 2.50. The number of rotatable bonds is 4. The summed E-state index contributed by atoms with van der Waals surface area (Å²) in [5.74, 6) is 1.44. The van der Waals surface area contributed by atoms with E-state index in [1.807, 2.05) is 42.5 Å². The molecule has 1 aliphatic rings. The number of aromatic nitrogens is 2. The number of nitrogens with two attached hydrogens (primary N) is 1. The van der Waals surface area contributed by atoms with E-state index in [1.165, 1.54) is 0 Å². The van der Waals surface area contributed by atoms with Gasteiger partial charge in [-0.1, -0.05) is 38.1 Å². The van der Waals surface area contributed by atoms with Gasteiger partial charge in [-0.15, -0.1) is 0 Å². The number of nitrogens with zero attached hydrogens (tertiary/aromatic N) is 1. The average Bonchev–Trinajstić information content (AvgIpc) is 3.03. The van der Waals surface area contributed by atoms with Gasteiger partial charge < -0.3 is 15.2 Å². The number of anilines is 1. The van der Waals surface area contributed by atoms with Crippen LogP contribution in [0.5, 0.6) is 11.5 Å². The van der Waals surface area contributed by atoms with Gasteiger partial charge in [0.1, 0.15) is 11.5 Å². The monoisotopic (exact) mass is 389 g/mol. The molecule has 0 fully saturated rings. The summed E-state index contributed by atoms with van der Waals surface area (Å²) in [4.78, 5) is 12.4. The maximum Gasteiger partial charge on any atom is 0.272 e. The Morgan fingerprint density at radius 2 is 1.93 bits per heavy atom. The van der Waals surface area contributed by atoms with Gasteiger partial charge in [-0.05, 0) is 29.8 Å². The number of hydrogen-bond donors (Lipinski definition) is 2. The number of ether oxygens (including phenoxy) is 2. The second kappa shape index (κ2) is 7.13. The van der Waals surface area contributed by atoms with Crippen LogP contribution in [0.3, 0.4) is 0 Å². The van der Waals surface area contributed by atoms with Crippen LogP contribution in [0.4, 0.5) is 5.69 Å². The molecule has 4 rings (SSSR count). The van der Waals surface area contributed by atoms with Gasteiger partial charge in [-0.3, -0.25) is 4.79 Å². The third-order valence-electron chi connectivity index (χ3n) is 5.13. The zero-order valence-corrected chi connectivity index (χ0v) is 16.7. The lowest BCUT2D eigenvalue weighted by molar-refractivity contribution is 0.290. The third kappa shape index (κ3) is 3.38. The van der Waals surface area contributed by atoms with E-state index in [4.69, 9.17) is 15.2 Å². The summed E-state index contributed by atoms with van der Waals surface area (Å²) in [5, 5.41) is 6.30. The minimum Gasteiger partial charge on any atom is -0.496 e. The number of fused-ring (bicyclic) bond motifs is 1. The van der Waals surface area contributed by atoms with Crippen molar-refractivity contribution in [2.45, 2.75) is 19.3 Å². The summed E-state index contributed by atoms with van der Waals surface area (Å²) in [5.41, 5.74) is 10.1. The van der Waals surface area contributed by atoms with Crippen molar-refractivity contribution in [3.05, 3.63) is 69.6 Å². The van der Waals surface area contributed by atoms with Crippen LogP contribution in [0.2, 0.25) is 0 Å². The van der Waals surface area contributed by atoms with E-state index in [1.54, 1.807) is 19.4 Å². The molecule has 0 radical (unpaired) electrons. The zero-order valence-electron chi connectivity index (χ0n) is 16.7. The number of aromatic amines is 1. The highest BCUT2D eigenvalue weighted by atomic mass is 16.5. The SMILES string of the molecule is COc1c(/C=C/c2ccc(N)cc2)cc(-c2ccn[nH]c2=O)c2c1C(C)(C)CO2. The van der Waals surface area contributed by atoms with Gasteiger partial charge in [0, 0.05) is 34.0 Å². The zero-order chi connectivity index (χ0) is 20.6. The van der Waals surface area contributed by atoms with Gasteiger partial charge in [0.25, 0.3) is 5.56 Å². The molecule has 0 atom stereocenters. The normalized spacial score (nSPS) is 14.6. The number of H-pyrrole nitrogens is 1. The second-order valence-electron chi connectivity index (χ2n) is 7.72. The first kappa shape index (κ1) is 18.8. The Bertz CT molecular complexity index is 1150. The summed E-state index contributed by atoms with van der Waals surface area (Å²) < 4.78 is 11.8. The molecule has 3 aromatic rings. The summed E-state index contributed by atoms with van der Waals surface area (Å²) in [7, 11) is 1.66. The first-order valence-electron chi connectivity index (χ1n) is 9.36. The molecule has 3 N–H and O–H groups in total. The summed E-state index contributed by atoms with van der Waals surface area (Å²) >= 11 is 0. The Morgan fingerprint density at radius 3 is 2.62 bits per heavy atom. The van der Waals surface area contributed by atoms with Crippen molar-refractivity contribution in [3.8, 4) is 22.6 Å². The molecular formula is C23H23N3O3. The average molecular weight is 389 g/mol. The van der Waals surface area contributed by atoms with Crippen molar-refractivity contribution in [2.24, 2.45) is 0 Å². The molecular weight excluding hydrogens is 366 g/mol. The van der Waals surface area contributed by atoms with E-state index in [0.717, 1.165) is 33.7 Å². The molecule has 2 aromatic carbocycles. The van der Waals surface area contributed by atoms with E-state index < -0.39 is 0 Å². The van der Waals surface area contributed by atoms with Crippen molar-refractivity contribution in [1.82, 2.24) is 10.2 Å². The molecule has 0 unspecified atom stereocenters. The lowest BCUT2D eigenvalue weighted by Crippen LogP contribution is -2.19. The Kier molecular flexibility index (Phi) is 4.62. The largest absolute Gasteiger partial charge is 0.496 e. The smallest absolute Gasteiger partial charge is 0.272 e. The highest BCUT2D eigenvalue weighted by Gasteiger charge is 2.38. The van der Waals surface area contributed by atoms with E-state index in [2.05, 4.69) is 24.0 Å². The van der Waals surface area contributed by atoms with Crippen LogP contribution in [0.25, 0.3) is 23.3 Å². The van der Waals surface area contributed by atoms with Crippen LogP contribution >= 0.6 is 0 Å². The first-order valence-corrected chi connectivity index (χ1v) is 9.36. The van der Waals surface area contributed by atoms with E-state index in [-0.39, 0.29) is 11.0 Å². The lowest BCUT2D eigenvalue weighted by atomic mass is 9.83. The fourth-order valence-electron chi connectivity index (χ4n) is 3.65. The maximum atomic E-state index is 12.4. The van der Waals surface area contributed by atoms with Gasteiger partial charge in [0.15, 0.2) is 0 Å². The van der Waals surface area contributed by atoms with Crippen molar-refractivity contribution in [2.75, 3.05) is 19.5 Å². The molecule has 0 amide bonds. The van der Waals surface area contributed by atoms with Gasteiger partial charge >= 0.3 is 0 Å². The summed E-state index contributed by atoms with van der Waals surface area (Å²) in [6.07, 6.45) is 5.54. The topological polar surface area (TPSA) is 90.2 Å². The molecule has 0 spiro atoms. The summed E-state index contributed by atoms with van der Waals surface area (Å²) in [6, 6.07) is 11.2. The minimum atomic E-state index is -0.262. The van der Waals surface area contributed by atoms with Crippen LogP contribution in [0.15, 0.2) is 47.4 Å². The molecule has 1 aromatic heterocycles. The van der Waals surface area contributed by atoms with Crippen molar-refractivity contribution >= 4 is 17.8 Å². The predicted molar refractivity (Wildman–Crippen MR) is 115 cm³/mol. The Morgan fingerprint density at radius 1 is 1.17 bits per heavy atom. The lowest BCUT2D eigenvalue weighted by Gasteiger charge is -2.21. The number of benzene rings is 2. The molecule has 148 valence electrons. The molecule has 0 saturated heterocycles. The van der Waals surface area contributed by atoms with Crippen LogP contribution in [-0.2, 0) is 5.41 Å². The van der Waals surface area contributed by atoms with Gasteiger partial charge in [0.2, 0.25) is 0 Å². The molecule has 0 aliphatic carbocycles. The quantitative estimate of drug-likeness (QED) is 0.522. The minimum absolute atomic E-state index is 0.250. The standard InChI is InChI=1S/C23H23N3O3/c1-23(2)13-29-21-18(17-10-11-25-26-22(17)27)12-15(20(28-3)19(21)23)7-4-14-5-8-16(24)9-6-14/h4-12H,13,24H2,1-3H3,(H,26,27)/b7-4+. The predicted octanol–water partition coefficient (Wildman–Crippen LogP) is 3.87. The van der Waals surface area contributed by atoms with Crippen LogP contribution in [-0.4, -0.2) is 23.9 Å². The fraction of sp³-hybridized carbons (Fsp3) is 0.217. The molecule has 0 bridgehead atoms. The Balaban J connectivity index is 1.93. The second-order valence-corrected chi connectivity index (χ2v) is 7.72. The van der Waals surface area contributed by atoms with Crippen molar-refractivity contribution in [3.63, 3.8) is 0 Å². The van der Waals surface area contributed by atoms with Gasteiger partial charge in [-0.25, -0.2) is 5.10 Å². The summed E-state index contributed by atoms with van der Waals surface area (Å²) in [6.45, 7) is 4.73. The van der Waals surface area contributed by atoms with Crippen molar-refractivity contribution in [1.29, 1.82) is 0 Å². The molecule has 29 heavy (non-hydrogen) atoms. The molecule has 6 heteroatoms. The van der Waals surface area contributed by atoms with Crippen LogP contribution in [0.1, 0.15) is 30.5 Å². The van der Waals surface area contributed by atoms with E-state index in [0.29, 0.717) is 17.9 Å². The highest BCUT2D eigenvalue weighted by molar-refractivity contribution is 5.83. The fourth-order valence-corrected chi connectivity index (χ4v) is 3.65. The van der Waals surface area contributed by atoms with Gasteiger partial charge in [-0.2, -0.15) is 5.10 Å². The maximum absolute atomic E-state index is 12.4. The first-order chi connectivity index (χ1) is 13.9. The van der Waals surface area contributed by atoms with Gasteiger partial charge in [0.05, 0.1) is 19.3 Å². The molecule has 0 saturated carbocycles. The molecule has 6 nitrogen and oxygen atoms in total. The van der Waals surface area contributed by atoms with Crippen LogP contribution < -0.4 is 20.8 Å². The molecule has 1 aliphatic heterocycles. The number of nitrogens with one attached hydrogen (secondary N) is 1. The Labute approximate surface area is 169 Å². The molecule has 2 heterocycles. The van der Waals surface area contributed by atoms with E-state index >= 15 is 0 Å².